The van der Waals surface area contributed by atoms with Crippen molar-refractivity contribution < 1.29 is 9.59 Å². The smallest absolute Gasteiger partial charge is 0.257 e. The number of fused-ring (bicyclic) bond motifs is 2. The number of hydrogen-bond acceptors (Lipinski definition) is 5. The van der Waals surface area contributed by atoms with Crippen molar-refractivity contribution in [3.8, 4) is 0 Å². The maximum Gasteiger partial charge on any atom is 0.257 e. The number of nitrogens with one attached hydrogen (secondary N) is 2. The Labute approximate surface area is 152 Å². The minimum Gasteiger partial charge on any atom is -0.324 e. The van der Waals surface area contributed by atoms with Gasteiger partial charge in [0.1, 0.15) is 0 Å². The van der Waals surface area contributed by atoms with Gasteiger partial charge in [0, 0.05) is 10.5 Å². The SMILES string of the molecule is Cc1cccc2sc(NC(=O)c3ccc4c(c3)NC(=O)C(C)S4)nc12. The van der Waals surface area contributed by atoms with Gasteiger partial charge in [-0.1, -0.05) is 23.5 Å². The van der Waals surface area contributed by atoms with Gasteiger partial charge < -0.3 is 5.32 Å². The Morgan fingerprint density at radius 2 is 2.12 bits per heavy atom. The van der Waals surface area contributed by atoms with Gasteiger partial charge in [0.2, 0.25) is 5.91 Å². The zero-order valence-electron chi connectivity index (χ0n) is 13.6. The third-order valence-electron chi connectivity index (χ3n) is 4.01. The largest absolute Gasteiger partial charge is 0.324 e. The highest BCUT2D eigenvalue weighted by atomic mass is 32.2. The van der Waals surface area contributed by atoms with Crippen LogP contribution in [0.15, 0.2) is 41.3 Å². The van der Waals surface area contributed by atoms with Crippen molar-refractivity contribution in [1.29, 1.82) is 0 Å². The summed E-state index contributed by atoms with van der Waals surface area (Å²) in [6.45, 7) is 3.86. The molecular formula is C18H15N3O2S2. The summed E-state index contributed by atoms with van der Waals surface area (Å²) in [6, 6.07) is 11.3. The first-order valence-electron chi connectivity index (χ1n) is 7.80. The number of rotatable bonds is 2. The molecule has 0 saturated carbocycles. The van der Waals surface area contributed by atoms with Gasteiger partial charge in [-0.25, -0.2) is 4.98 Å². The molecule has 25 heavy (non-hydrogen) atoms. The van der Waals surface area contributed by atoms with Crippen LogP contribution in [-0.2, 0) is 4.79 Å². The third-order valence-corrected chi connectivity index (χ3v) is 6.13. The van der Waals surface area contributed by atoms with Gasteiger partial charge in [-0.2, -0.15) is 0 Å². The van der Waals surface area contributed by atoms with E-state index in [1.807, 2.05) is 38.1 Å². The average Bonchev–Trinajstić information content (AvgIpc) is 2.99. The van der Waals surface area contributed by atoms with E-state index in [0.717, 1.165) is 20.7 Å². The summed E-state index contributed by atoms with van der Waals surface area (Å²) in [4.78, 5) is 29.8. The number of hydrogen-bond donors (Lipinski definition) is 2. The number of thiazole rings is 1. The lowest BCUT2D eigenvalue weighted by Crippen LogP contribution is -2.26. The quantitative estimate of drug-likeness (QED) is 0.707. The average molecular weight is 369 g/mol. The van der Waals surface area contributed by atoms with Gasteiger partial charge in [-0.3, -0.25) is 14.9 Å². The van der Waals surface area contributed by atoms with Crippen LogP contribution in [0.3, 0.4) is 0 Å². The van der Waals surface area contributed by atoms with Crippen LogP contribution in [0.25, 0.3) is 10.2 Å². The Balaban J connectivity index is 1.59. The predicted molar refractivity (Wildman–Crippen MR) is 103 cm³/mol. The molecule has 0 fully saturated rings. The van der Waals surface area contributed by atoms with Crippen LogP contribution in [0.2, 0.25) is 0 Å². The summed E-state index contributed by atoms with van der Waals surface area (Å²) in [6.07, 6.45) is 0. The van der Waals surface area contributed by atoms with Crippen molar-refractivity contribution in [2.45, 2.75) is 24.0 Å². The van der Waals surface area contributed by atoms with Crippen LogP contribution in [0.1, 0.15) is 22.8 Å². The van der Waals surface area contributed by atoms with Crippen molar-refractivity contribution in [1.82, 2.24) is 4.98 Å². The summed E-state index contributed by atoms with van der Waals surface area (Å²) in [5.41, 5.74) is 3.16. The van der Waals surface area contributed by atoms with E-state index in [-0.39, 0.29) is 17.1 Å². The Hall–Kier alpha value is -2.38. The number of benzene rings is 2. The van der Waals surface area contributed by atoms with Crippen molar-refractivity contribution in [2.24, 2.45) is 0 Å². The first kappa shape index (κ1) is 16.1. The lowest BCUT2D eigenvalue weighted by molar-refractivity contribution is -0.115. The molecule has 0 spiro atoms. The fraction of sp³-hybridized carbons (Fsp3) is 0.167. The van der Waals surface area contributed by atoms with Crippen LogP contribution < -0.4 is 10.6 Å². The molecule has 2 N–H and O–H groups in total. The summed E-state index contributed by atoms with van der Waals surface area (Å²) >= 11 is 2.94. The monoisotopic (exact) mass is 369 g/mol. The van der Waals surface area contributed by atoms with E-state index >= 15 is 0 Å². The molecule has 1 unspecified atom stereocenters. The molecule has 2 heterocycles. The maximum absolute atomic E-state index is 12.5. The van der Waals surface area contributed by atoms with Crippen molar-refractivity contribution in [3.05, 3.63) is 47.5 Å². The molecule has 0 aliphatic carbocycles. The zero-order chi connectivity index (χ0) is 17.6. The highest BCUT2D eigenvalue weighted by molar-refractivity contribution is 8.00. The second-order valence-corrected chi connectivity index (χ2v) is 8.27. The van der Waals surface area contributed by atoms with Gasteiger partial charge in [-0.15, -0.1) is 11.8 Å². The molecule has 1 aromatic heterocycles. The fourth-order valence-corrected chi connectivity index (χ4v) is 4.53. The number of carbonyl (C=O) groups is 2. The third kappa shape index (κ3) is 3.01. The summed E-state index contributed by atoms with van der Waals surface area (Å²) in [7, 11) is 0. The van der Waals surface area contributed by atoms with Gasteiger partial charge in [0.25, 0.3) is 5.91 Å². The van der Waals surface area contributed by atoms with Gasteiger partial charge in [0.15, 0.2) is 5.13 Å². The Kier molecular flexibility index (Phi) is 3.97. The Morgan fingerprint density at radius 1 is 1.28 bits per heavy atom. The van der Waals surface area contributed by atoms with Crippen LogP contribution in [0, 0.1) is 6.92 Å². The van der Waals surface area contributed by atoms with E-state index in [9.17, 15) is 9.59 Å². The minimum atomic E-state index is -0.239. The van der Waals surface area contributed by atoms with E-state index in [1.165, 1.54) is 23.1 Å². The van der Waals surface area contributed by atoms with Gasteiger partial charge in [-0.05, 0) is 43.7 Å². The van der Waals surface area contributed by atoms with Gasteiger partial charge in [0.05, 0.1) is 21.2 Å². The normalized spacial score (nSPS) is 16.4. The number of nitrogens with zero attached hydrogens (tertiary/aromatic N) is 1. The molecule has 7 heteroatoms. The molecule has 0 saturated heterocycles. The van der Waals surface area contributed by atoms with Crippen molar-refractivity contribution in [3.63, 3.8) is 0 Å². The van der Waals surface area contributed by atoms with E-state index < -0.39 is 0 Å². The molecule has 3 aromatic rings. The van der Waals surface area contributed by atoms with E-state index in [4.69, 9.17) is 0 Å². The maximum atomic E-state index is 12.5. The lowest BCUT2D eigenvalue weighted by atomic mass is 10.2. The number of carbonyl (C=O) groups excluding carboxylic acids is 2. The lowest BCUT2D eigenvalue weighted by Gasteiger charge is -2.21. The molecule has 0 radical (unpaired) electrons. The standard InChI is InChI=1S/C18H15N3O2S2/c1-9-4-3-5-14-15(9)20-18(25-14)21-17(23)11-6-7-13-12(8-11)19-16(22)10(2)24-13/h3-8,10H,1-2H3,(H,19,22)(H,20,21,23). The molecule has 2 aromatic carbocycles. The molecule has 4 rings (SSSR count). The first-order chi connectivity index (χ1) is 12.0. The summed E-state index contributed by atoms with van der Waals surface area (Å²) < 4.78 is 1.04. The van der Waals surface area contributed by atoms with Gasteiger partial charge >= 0.3 is 0 Å². The summed E-state index contributed by atoms with van der Waals surface area (Å²) in [5.74, 6) is -0.283. The second-order valence-electron chi connectivity index (χ2n) is 5.86. The van der Waals surface area contributed by atoms with Crippen LogP contribution in [0.5, 0.6) is 0 Å². The highest BCUT2D eigenvalue weighted by Crippen LogP contribution is 2.36. The number of thioether (sulfide) groups is 1. The molecule has 1 aliphatic heterocycles. The number of anilines is 2. The van der Waals surface area contributed by atoms with E-state index in [2.05, 4.69) is 15.6 Å². The van der Waals surface area contributed by atoms with E-state index in [1.54, 1.807) is 12.1 Å². The van der Waals surface area contributed by atoms with Crippen LogP contribution >= 0.6 is 23.1 Å². The topological polar surface area (TPSA) is 71.1 Å². The Bertz CT molecular complexity index is 1010. The number of aromatic nitrogens is 1. The molecule has 0 bridgehead atoms. The minimum absolute atomic E-state index is 0.0447. The molecule has 1 aliphatic rings. The molecule has 2 amide bonds. The summed E-state index contributed by atoms with van der Waals surface area (Å²) in [5, 5.41) is 6.14. The van der Waals surface area contributed by atoms with E-state index in [0.29, 0.717) is 16.4 Å². The number of aryl methyl sites for hydroxylation is 1. The molecule has 126 valence electrons. The predicted octanol–water partition coefficient (Wildman–Crippen LogP) is 4.29. The first-order valence-corrected chi connectivity index (χ1v) is 9.50. The molecule has 5 nitrogen and oxygen atoms in total. The number of para-hydroxylation sites is 1. The van der Waals surface area contributed by atoms with Crippen LogP contribution in [0.4, 0.5) is 10.8 Å². The number of amides is 2. The second kappa shape index (κ2) is 6.16. The molecule has 1 atom stereocenters. The van der Waals surface area contributed by atoms with Crippen molar-refractivity contribution in [2.75, 3.05) is 10.6 Å². The van der Waals surface area contributed by atoms with Crippen LogP contribution in [-0.4, -0.2) is 22.0 Å². The molecular weight excluding hydrogens is 354 g/mol. The van der Waals surface area contributed by atoms with Crippen molar-refractivity contribution >= 4 is 55.9 Å². The Morgan fingerprint density at radius 3 is 2.92 bits per heavy atom. The highest BCUT2D eigenvalue weighted by Gasteiger charge is 2.24. The fourth-order valence-electron chi connectivity index (χ4n) is 2.66. The zero-order valence-corrected chi connectivity index (χ0v) is 15.3.